The minimum Gasteiger partial charge on any atom is -0.314 e. The maximum Gasteiger partial charge on any atom is 0.243 e. The molecule has 0 aliphatic carbocycles. The number of rotatable bonds is 2. The van der Waals surface area contributed by atoms with Crippen LogP contribution in [-0.4, -0.2) is 38.4 Å². The molecule has 0 spiro atoms. The molecule has 0 amide bonds. The maximum absolute atomic E-state index is 12.7. The van der Waals surface area contributed by atoms with Crippen LogP contribution >= 0.6 is 0 Å². The average molecular weight is 290 g/mol. The summed E-state index contributed by atoms with van der Waals surface area (Å²) in [5, 5.41) is 5.22. The van der Waals surface area contributed by atoms with Gasteiger partial charge in [-0.3, -0.25) is 0 Å². The zero-order valence-corrected chi connectivity index (χ0v) is 12.2. The summed E-state index contributed by atoms with van der Waals surface area (Å²) in [7, 11) is -3.41. The average Bonchev–Trinajstić information content (AvgIpc) is 2.47. The highest BCUT2D eigenvalue weighted by Crippen LogP contribution is 2.23. The summed E-state index contributed by atoms with van der Waals surface area (Å²) in [4.78, 5) is 0.380. The van der Waals surface area contributed by atoms with Gasteiger partial charge in [0.15, 0.2) is 0 Å². The van der Waals surface area contributed by atoms with Crippen molar-refractivity contribution in [3.8, 4) is 0 Å². The fraction of sp³-hybridized carbons (Fsp3) is 0.333. The summed E-state index contributed by atoms with van der Waals surface area (Å²) in [6.45, 7) is 3.87. The Hall–Kier alpha value is -1.43. The van der Waals surface area contributed by atoms with Crippen LogP contribution < -0.4 is 5.32 Å². The molecule has 3 rings (SSSR count). The minimum atomic E-state index is -3.41. The van der Waals surface area contributed by atoms with Gasteiger partial charge in [-0.2, -0.15) is 4.31 Å². The Bertz CT molecular complexity index is 727. The molecule has 1 fully saturated rings. The molecule has 4 nitrogen and oxygen atoms in total. The van der Waals surface area contributed by atoms with Crippen LogP contribution in [0.15, 0.2) is 47.4 Å². The molecule has 1 aliphatic heterocycles. The van der Waals surface area contributed by atoms with Crippen molar-refractivity contribution >= 4 is 20.8 Å². The van der Waals surface area contributed by atoms with E-state index in [2.05, 4.69) is 5.32 Å². The molecule has 1 saturated heterocycles. The number of sulfonamides is 1. The standard InChI is InChI=1S/C15H18N2O2S/c1-12-11-16-8-9-17(12)20(18,19)15-7-6-13-4-2-3-5-14(13)10-15/h2-7,10,12,16H,8-9,11H2,1H3. The van der Waals surface area contributed by atoms with Crippen molar-refractivity contribution in [2.24, 2.45) is 0 Å². The first kappa shape index (κ1) is 13.5. The molecule has 0 bridgehead atoms. The van der Waals surface area contributed by atoms with Crippen LogP contribution in [0.1, 0.15) is 6.92 Å². The van der Waals surface area contributed by atoms with Crippen molar-refractivity contribution in [3.63, 3.8) is 0 Å². The topological polar surface area (TPSA) is 49.4 Å². The van der Waals surface area contributed by atoms with Gasteiger partial charge in [0.05, 0.1) is 4.90 Å². The van der Waals surface area contributed by atoms with Crippen molar-refractivity contribution in [2.45, 2.75) is 17.9 Å². The van der Waals surface area contributed by atoms with Crippen molar-refractivity contribution in [1.29, 1.82) is 0 Å². The third-order valence-corrected chi connectivity index (χ3v) is 5.78. The molecule has 2 aromatic carbocycles. The van der Waals surface area contributed by atoms with Gasteiger partial charge in [0.25, 0.3) is 0 Å². The minimum absolute atomic E-state index is 0.0137. The molecule has 0 radical (unpaired) electrons. The monoisotopic (exact) mass is 290 g/mol. The highest BCUT2D eigenvalue weighted by molar-refractivity contribution is 7.89. The Labute approximate surface area is 119 Å². The van der Waals surface area contributed by atoms with Gasteiger partial charge >= 0.3 is 0 Å². The fourth-order valence-electron chi connectivity index (χ4n) is 2.64. The lowest BCUT2D eigenvalue weighted by atomic mass is 10.1. The second kappa shape index (κ2) is 5.16. The number of fused-ring (bicyclic) bond motifs is 1. The third kappa shape index (κ3) is 2.32. The molecular formula is C15H18N2O2S. The smallest absolute Gasteiger partial charge is 0.243 e. The first-order chi connectivity index (χ1) is 9.59. The lowest BCUT2D eigenvalue weighted by Crippen LogP contribution is -2.52. The van der Waals surface area contributed by atoms with Crippen molar-refractivity contribution in [2.75, 3.05) is 19.6 Å². The normalized spacial score (nSPS) is 21.1. The number of hydrogen-bond donors (Lipinski definition) is 1. The molecule has 20 heavy (non-hydrogen) atoms. The van der Waals surface area contributed by atoms with E-state index in [1.165, 1.54) is 0 Å². The lowest BCUT2D eigenvalue weighted by molar-refractivity contribution is 0.284. The zero-order chi connectivity index (χ0) is 14.2. The van der Waals surface area contributed by atoms with E-state index in [0.29, 0.717) is 24.5 Å². The van der Waals surface area contributed by atoms with Gasteiger partial charge in [-0.1, -0.05) is 30.3 Å². The quantitative estimate of drug-likeness (QED) is 0.918. The van der Waals surface area contributed by atoms with Crippen LogP contribution in [0.2, 0.25) is 0 Å². The molecule has 0 aromatic heterocycles. The molecule has 0 saturated carbocycles. The van der Waals surface area contributed by atoms with Crippen LogP contribution in [0.5, 0.6) is 0 Å². The van der Waals surface area contributed by atoms with Crippen LogP contribution in [0.4, 0.5) is 0 Å². The van der Waals surface area contributed by atoms with Gasteiger partial charge in [-0.05, 0) is 29.8 Å². The molecule has 2 aromatic rings. The number of nitrogens with one attached hydrogen (secondary N) is 1. The SMILES string of the molecule is CC1CNCCN1S(=O)(=O)c1ccc2ccccc2c1. The van der Waals surface area contributed by atoms with Crippen molar-refractivity contribution in [1.82, 2.24) is 9.62 Å². The first-order valence-corrected chi connectivity index (χ1v) is 8.24. The summed E-state index contributed by atoms with van der Waals surface area (Å²) >= 11 is 0. The fourth-order valence-corrected chi connectivity index (χ4v) is 4.31. The van der Waals surface area contributed by atoms with Gasteiger partial charge < -0.3 is 5.32 Å². The maximum atomic E-state index is 12.7. The number of benzene rings is 2. The van der Waals surface area contributed by atoms with E-state index in [1.54, 1.807) is 16.4 Å². The predicted octanol–water partition coefficient (Wildman–Crippen LogP) is 1.82. The Kier molecular flexibility index (Phi) is 3.50. The molecule has 5 heteroatoms. The highest BCUT2D eigenvalue weighted by Gasteiger charge is 2.30. The Morgan fingerprint density at radius 1 is 1.15 bits per heavy atom. The highest BCUT2D eigenvalue weighted by atomic mass is 32.2. The third-order valence-electron chi connectivity index (χ3n) is 3.77. The van der Waals surface area contributed by atoms with E-state index in [-0.39, 0.29) is 6.04 Å². The van der Waals surface area contributed by atoms with E-state index >= 15 is 0 Å². The Morgan fingerprint density at radius 2 is 1.90 bits per heavy atom. The van der Waals surface area contributed by atoms with Crippen LogP contribution in [0.3, 0.4) is 0 Å². The molecular weight excluding hydrogens is 272 g/mol. The van der Waals surface area contributed by atoms with Crippen molar-refractivity contribution in [3.05, 3.63) is 42.5 Å². The van der Waals surface area contributed by atoms with Gasteiger partial charge in [0, 0.05) is 25.7 Å². The van der Waals surface area contributed by atoms with Gasteiger partial charge in [0.2, 0.25) is 10.0 Å². The second-order valence-corrected chi connectivity index (χ2v) is 7.07. The molecule has 1 atom stereocenters. The summed E-state index contributed by atoms with van der Waals surface area (Å²) in [6, 6.07) is 13.1. The summed E-state index contributed by atoms with van der Waals surface area (Å²) in [5.41, 5.74) is 0. The second-order valence-electron chi connectivity index (χ2n) is 5.18. The van der Waals surface area contributed by atoms with Gasteiger partial charge in [-0.25, -0.2) is 8.42 Å². The van der Waals surface area contributed by atoms with Crippen LogP contribution in [0.25, 0.3) is 10.8 Å². The summed E-state index contributed by atoms with van der Waals surface area (Å²) < 4.78 is 27.1. The van der Waals surface area contributed by atoms with E-state index in [4.69, 9.17) is 0 Å². The van der Waals surface area contributed by atoms with Crippen LogP contribution in [-0.2, 0) is 10.0 Å². The predicted molar refractivity (Wildman–Crippen MR) is 80.2 cm³/mol. The zero-order valence-electron chi connectivity index (χ0n) is 11.4. The van der Waals surface area contributed by atoms with E-state index < -0.39 is 10.0 Å². The van der Waals surface area contributed by atoms with Crippen molar-refractivity contribution < 1.29 is 8.42 Å². The molecule has 1 aliphatic rings. The first-order valence-electron chi connectivity index (χ1n) is 6.80. The number of nitrogens with zero attached hydrogens (tertiary/aromatic N) is 1. The Morgan fingerprint density at radius 3 is 2.65 bits per heavy atom. The largest absolute Gasteiger partial charge is 0.314 e. The van der Waals surface area contributed by atoms with E-state index in [9.17, 15) is 8.42 Å². The summed E-state index contributed by atoms with van der Waals surface area (Å²) in [6.07, 6.45) is 0. The van der Waals surface area contributed by atoms with Gasteiger partial charge in [0.1, 0.15) is 0 Å². The lowest BCUT2D eigenvalue weighted by Gasteiger charge is -2.32. The van der Waals surface area contributed by atoms with E-state index in [0.717, 1.165) is 10.8 Å². The number of hydrogen-bond acceptors (Lipinski definition) is 3. The molecule has 1 unspecified atom stereocenters. The number of piperazine rings is 1. The van der Waals surface area contributed by atoms with Gasteiger partial charge in [-0.15, -0.1) is 0 Å². The summed E-state index contributed by atoms with van der Waals surface area (Å²) in [5.74, 6) is 0. The molecule has 1 heterocycles. The Balaban J connectivity index is 2.04. The molecule has 106 valence electrons. The van der Waals surface area contributed by atoms with E-state index in [1.807, 2.05) is 37.3 Å². The molecule has 1 N–H and O–H groups in total. The van der Waals surface area contributed by atoms with Crippen LogP contribution in [0, 0.1) is 0 Å².